The number of nitrogen functional groups attached to an aromatic ring is 1. The van der Waals surface area contributed by atoms with E-state index in [2.05, 4.69) is 15.6 Å². The summed E-state index contributed by atoms with van der Waals surface area (Å²) in [6.45, 7) is 0.291. The second-order valence-electron chi connectivity index (χ2n) is 10.7. The summed E-state index contributed by atoms with van der Waals surface area (Å²) < 4.78 is 0. The van der Waals surface area contributed by atoms with Gasteiger partial charge in [0.2, 0.25) is 17.7 Å². The minimum atomic E-state index is -0.932. The van der Waals surface area contributed by atoms with Gasteiger partial charge in [-0.05, 0) is 61.3 Å². The highest BCUT2D eigenvalue weighted by Gasteiger charge is 2.35. The van der Waals surface area contributed by atoms with E-state index in [1.807, 2.05) is 18.2 Å². The van der Waals surface area contributed by atoms with Crippen molar-refractivity contribution in [1.82, 2.24) is 10.6 Å². The molecule has 3 atom stereocenters. The Balaban J connectivity index is 0.00000645. The van der Waals surface area contributed by atoms with Crippen molar-refractivity contribution in [2.24, 2.45) is 33.8 Å². The van der Waals surface area contributed by atoms with E-state index >= 15 is 0 Å². The number of guanidine groups is 1. The molecule has 0 spiro atoms. The molecule has 2 aromatic rings. The standard InChI is InChI=1S/C30H41ClN8O3.ClH/c31-22-9-4-8-21(17-22)23(16-18-11-13-20(14-12-18)26(32)33)28(41)39-25(19-6-2-1-3-7-19)29(42)38-24(27(34)40)10-5-15-37-30(35)36;/h4,8-9,11-14,17,19,23-25H,1-3,5-7,10,15-16H2,(H3,32,33)(H2,34,40)(H,38,42)(H,39,41)(H4,35,36,37);1H/t23?,24-,25-;/m0./s1. The predicted molar refractivity (Wildman–Crippen MR) is 172 cm³/mol. The summed E-state index contributed by atoms with van der Waals surface area (Å²) in [6, 6.07) is 12.4. The monoisotopic (exact) mass is 632 g/mol. The van der Waals surface area contributed by atoms with E-state index in [0.717, 1.165) is 37.7 Å². The quantitative estimate of drug-likeness (QED) is 0.0941. The van der Waals surface area contributed by atoms with Crippen LogP contribution in [0.4, 0.5) is 0 Å². The topological polar surface area (TPSA) is 216 Å². The molecule has 1 unspecified atom stereocenters. The Hall–Kier alpha value is -3.83. The summed E-state index contributed by atoms with van der Waals surface area (Å²) in [4.78, 5) is 43.7. The summed E-state index contributed by atoms with van der Waals surface area (Å²) in [7, 11) is 0. The maximum atomic E-state index is 14.0. The van der Waals surface area contributed by atoms with Gasteiger partial charge >= 0.3 is 0 Å². The lowest BCUT2D eigenvalue weighted by Crippen LogP contribution is -2.56. The van der Waals surface area contributed by atoms with E-state index in [-0.39, 0.29) is 42.4 Å². The third-order valence-electron chi connectivity index (χ3n) is 7.58. The van der Waals surface area contributed by atoms with Crippen LogP contribution in [0.15, 0.2) is 53.5 Å². The minimum absolute atomic E-state index is 0. The Morgan fingerprint density at radius 2 is 1.63 bits per heavy atom. The highest BCUT2D eigenvalue weighted by molar-refractivity contribution is 6.30. The van der Waals surface area contributed by atoms with Crippen LogP contribution in [-0.4, -0.2) is 48.1 Å². The van der Waals surface area contributed by atoms with E-state index in [9.17, 15) is 14.4 Å². The van der Waals surface area contributed by atoms with Crippen molar-refractivity contribution in [3.8, 4) is 0 Å². The number of rotatable bonds is 14. The van der Waals surface area contributed by atoms with Crippen LogP contribution in [0.1, 0.15) is 67.6 Å². The number of nitrogens with two attached hydrogens (primary N) is 4. The molecule has 3 amide bonds. The largest absolute Gasteiger partial charge is 0.384 e. The average Bonchev–Trinajstić information content (AvgIpc) is 2.96. The second kappa shape index (κ2) is 17.3. The molecule has 1 fully saturated rings. The average molecular weight is 634 g/mol. The number of aliphatic imine (C=N–C) groups is 1. The summed E-state index contributed by atoms with van der Waals surface area (Å²) in [5.41, 5.74) is 24.1. The van der Waals surface area contributed by atoms with Crippen molar-refractivity contribution in [2.45, 2.75) is 69.4 Å². The Morgan fingerprint density at radius 3 is 2.21 bits per heavy atom. The van der Waals surface area contributed by atoms with Gasteiger partial charge < -0.3 is 33.6 Å². The first-order valence-electron chi connectivity index (χ1n) is 14.2. The van der Waals surface area contributed by atoms with Crippen LogP contribution >= 0.6 is 24.0 Å². The molecule has 3 rings (SSSR count). The number of hydrogen-bond acceptors (Lipinski definition) is 5. The van der Waals surface area contributed by atoms with Crippen LogP contribution in [0.3, 0.4) is 0 Å². The molecular weight excluding hydrogens is 591 g/mol. The molecule has 0 heterocycles. The van der Waals surface area contributed by atoms with Gasteiger partial charge in [-0.1, -0.05) is 67.3 Å². The lowest BCUT2D eigenvalue weighted by atomic mass is 9.82. The molecule has 1 saturated carbocycles. The van der Waals surface area contributed by atoms with Crippen molar-refractivity contribution in [2.75, 3.05) is 6.54 Å². The van der Waals surface area contributed by atoms with Crippen LogP contribution in [-0.2, 0) is 20.8 Å². The molecule has 1 aliphatic carbocycles. The Bertz CT molecular complexity index is 1280. The number of amidine groups is 1. The van der Waals surface area contributed by atoms with Crippen molar-refractivity contribution in [1.29, 1.82) is 5.41 Å². The third kappa shape index (κ3) is 11.1. The van der Waals surface area contributed by atoms with E-state index in [4.69, 9.17) is 39.9 Å². The van der Waals surface area contributed by atoms with Crippen molar-refractivity contribution in [3.63, 3.8) is 0 Å². The zero-order chi connectivity index (χ0) is 30.6. The van der Waals surface area contributed by atoms with Gasteiger partial charge in [-0.15, -0.1) is 12.4 Å². The van der Waals surface area contributed by atoms with Crippen LogP contribution < -0.4 is 33.6 Å². The lowest BCUT2D eigenvalue weighted by Gasteiger charge is -2.32. The highest BCUT2D eigenvalue weighted by Crippen LogP contribution is 2.29. The SMILES string of the molecule is Cl.N=C(N)c1ccc(CC(C(=O)N[C@H](C(=O)N[C@@H](CCCN=C(N)N)C(N)=O)C2CCCCC2)c2cccc(Cl)c2)cc1. The Kier molecular flexibility index (Phi) is 14.3. The van der Waals surface area contributed by atoms with Gasteiger partial charge in [0.25, 0.3) is 0 Å². The van der Waals surface area contributed by atoms with Crippen molar-refractivity contribution in [3.05, 3.63) is 70.2 Å². The van der Waals surface area contributed by atoms with Crippen molar-refractivity contribution < 1.29 is 14.4 Å². The molecule has 0 radical (unpaired) electrons. The second-order valence-corrected chi connectivity index (χ2v) is 11.2. The van der Waals surface area contributed by atoms with Gasteiger partial charge in [0.05, 0.1) is 5.92 Å². The van der Waals surface area contributed by atoms with E-state index in [1.165, 1.54) is 0 Å². The molecule has 13 heteroatoms. The van der Waals surface area contributed by atoms with Gasteiger partial charge in [-0.2, -0.15) is 0 Å². The summed E-state index contributed by atoms with van der Waals surface area (Å²) in [6.07, 6.45) is 5.53. The van der Waals surface area contributed by atoms with E-state index < -0.39 is 29.8 Å². The molecule has 0 aliphatic heterocycles. The van der Waals surface area contributed by atoms with Crippen LogP contribution in [0.5, 0.6) is 0 Å². The fraction of sp³-hybridized carbons (Fsp3) is 0.433. The lowest BCUT2D eigenvalue weighted by molar-refractivity contribution is -0.133. The van der Waals surface area contributed by atoms with Gasteiger partial charge in [-0.25, -0.2) is 0 Å². The maximum absolute atomic E-state index is 14.0. The van der Waals surface area contributed by atoms with Gasteiger partial charge in [0, 0.05) is 17.1 Å². The molecular formula is C30H42Cl2N8O3. The number of hydrogen-bond donors (Lipinski definition) is 7. The molecule has 1 aliphatic rings. The number of carbonyl (C=O) groups excluding carboxylic acids is 3. The molecule has 0 bridgehead atoms. The predicted octanol–water partition coefficient (Wildman–Crippen LogP) is 2.46. The highest BCUT2D eigenvalue weighted by atomic mass is 35.5. The summed E-state index contributed by atoms with van der Waals surface area (Å²) >= 11 is 6.29. The molecule has 0 aromatic heterocycles. The number of nitrogens with one attached hydrogen (secondary N) is 3. The van der Waals surface area contributed by atoms with Crippen LogP contribution in [0, 0.1) is 11.3 Å². The number of benzene rings is 2. The molecule has 11 N–H and O–H groups in total. The summed E-state index contributed by atoms with van der Waals surface area (Å²) in [5, 5.41) is 13.9. The Labute approximate surface area is 263 Å². The third-order valence-corrected chi connectivity index (χ3v) is 7.81. The van der Waals surface area contributed by atoms with Crippen LogP contribution in [0.25, 0.3) is 0 Å². The zero-order valence-corrected chi connectivity index (χ0v) is 25.6. The smallest absolute Gasteiger partial charge is 0.243 e. The number of primary amides is 1. The van der Waals surface area contributed by atoms with E-state index in [1.54, 1.807) is 30.3 Å². The zero-order valence-electron chi connectivity index (χ0n) is 24.1. The maximum Gasteiger partial charge on any atom is 0.243 e. The first kappa shape index (κ1) is 35.4. The summed E-state index contributed by atoms with van der Waals surface area (Å²) in [5.74, 6) is -2.30. The number of carbonyl (C=O) groups is 3. The number of amides is 3. The first-order chi connectivity index (χ1) is 20.0. The van der Waals surface area contributed by atoms with Gasteiger partial charge in [0.1, 0.15) is 17.9 Å². The van der Waals surface area contributed by atoms with Crippen molar-refractivity contribution >= 4 is 53.5 Å². The van der Waals surface area contributed by atoms with Crippen LogP contribution in [0.2, 0.25) is 5.02 Å². The molecule has 11 nitrogen and oxygen atoms in total. The Morgan fingerprint density at radius 1 is 0.953 bits per heavy atom. The minimum Gasteiger partial charge on any atom is -0.384 e. The molecule has 2 aromatic carbocycles. The molecule has 43 heavy (non-hydrogen) atoms. The first-order valence-corrected chi connectivity index (χ1v) is 14.6. The fourth-order valence-corrected chi connectivity index (χ4v) is 5.51. The normalized spacial score (nSPS) is 15.2. The van der Waals surface area contributed by atoms with E-state index in [0.29, 0.717) is 35.5 Å². The fourth-order valence-electron chi connectivity index (χ4n) is 5.31. The van der Waals surface area contributed by atoms with Gasteiger partial charge in [0.15, 0.2) is 5.96 Å². The van der Waals surface area contributed by atoms with Gasteiger partial charge in [-0.3, -0.25) is 24.8 Å². The molecule has 0 saturated heterocycles. The molecule has 234 valence electrons. The number of halogens is 2. The number of nitrogens with zero attached hydrogens (tertiary/aromatic N) is 1.